The first-order chi connectivity index (χ1) is 12.2. The van der Waals surface area contributed by atoms with Gasteiger partial charge in [0, 0.05) is 12.7 Å². The fourth-order valence-electron chi connectivity index (χ4n) is 4.38. The monoisotopic (exact) mass is 339 g/mol. The van der Waals surface area contributed by atoms with E-state index in [9.17, 15) is 0 Å². The van der Waals surface area contributed by atoms with Gasteiger partial charge in [-0.15, -0.1) is 0 Å². The van der Waals surface area contributed by atoms with E-state index < -0.39 is 0 Å². The third-order valence-corrected chi connectivity index (χ3v) is 6.12. The fraction of sp³-hybridized carbons (Fsp3) is 0.571. The van der Waals surface area contributed by atoms with Gasteiger partial charge in [-0.1, -0.05) is 6.07 Å². The molecule has 0 bridgehead atoms. The predicted molar refractivity (Wildman–Crippen MR) is 99.1 cm³/mol. The summed E-state index contributed by atoms with van der Waals surface area (Å²) in [6.07, 6.45) is 7.26. The first-order valence-electron chi connectivity index (χ1n) is 9.61. The third kappa shape index (κ3) is 4.13. The zero-order valence-electron chi connectivity index (χ0n) is 15.3. The summed E-state index contributed by atoms with van der Waals surface area (Å²) in [6, 6.07) is 10.4. The second kappa shape index (κ2) is 7.30. The first kappa shape index (κ1) is 16.8. The van der Waals surface area contributed by atoms with Crippen LogP contribution in [0.3, 0.4) is 0 Å². The van der Waals surface area contributed by atoms with Gasteiger partial charge in [0.2, 0.25) is 0 Å². The molecule has 4 rings (SSSR count). The van der Waals surface area contributed by atoms with Crippen LogP contribution in [0.25, 0.3) is 0 Å². The van der Waals surface area contributed by atoms with Crippen LogP contribution in [0.1, 0.15) is 42.9 Å². The van der Waals surface area contributed by atoms with Gasteiger partial charge in [0.25, 0.3) is 0 Å². The Bertz CT molecular complexity index is 663. The number of aryl methyl sites for hydroxylation is 1. The maximum atomic E-state index is 5.74. The highest BCUT2D eigenvalue weighted by atomic mass is 16.3. The van der Waals surface area contributed by atoms with Crippen molar-refractivity contribution in [1.29, 1.82) is 0 Å². The Kier molecular flexibility index (Phi) is 4.91. The molecule has 0 amide bonds. The summed E-state index contributed by atoms with van der Waals surface area (Å²) >= 11 is 0. The molecule has 25 heavy (non-hydrogen) atoms. The van der Waals surface area contributed by atoms with Gasteiger partial charge in [-0.25, -0.2) is 0 Å². The molecule has 2 saturated heterocycles. The van der Waals surface area contributed by atoms with Crippen LogP contribution >= 0.6 is 0 Å². The number of rotatable bonds is 4. The molecular formula is C21H29N3O. The highest BCUT2D eigenvalue weighted by molar-refractivity contribution is 5.06. The molecule has 2 aromatic heterocycles. The van der Waals surface area contributed by atoms with Crippen LogP contribution in [0.4, 0.5) is 0 Å². The minimum Gasteiger partial charge on any atom is -0.465 e. The smallest absolute Gasteiger partial charge is 0.118 e. The molecule has 0 aliphatic carbocycles. The minimum absolute atomic E-state index is 0.580. The molecule has 4 nitrogen and oxygen atoms in total. The Hall–Kier alpha value is -1.65. The lowest BCUT2D eigenvalue weighted by Crippen LogP contribution is -2.46. The van der Waals surface area contributed by atoms with Crippen LogP contribution in [0.2, 0.25) is 0 Å². The maximum Gasteiger partial charge on any atom is 0.118 e. The molecule has 0 aromatic carbocycles. The van der Waals surface area contributed by atoms with E-state index >= 15 is 0 Å². The second-order valence-corrected chi connectivity index (χ2v) is 7.89. The van der Waals surface area contributed by atoms with Crippen LogP contribution in [0.5, 0.6) is 0 Å². The van der Waals surface area contributed by atoms with Gasteiger partial charge in [0.15, 0.2) is 0 Å². The van der Waals surface area contributed by atoms with Crippen LogP contribution in [-0.4, -0.2) is 41.0 Å². The van der Waals surface area contributed by atoms with Crippen molar-refractivity contribution >= 4 is 0 Å². The van der Waals surface area contributed by atoms with Crippen molar-refractivity contribution in [2.24, 2.45) is 5.41 Å². The van der Waals surface area contributed by atoms with Crippen LogP contribution in [0.15, 0.2) is 40.9 Å². The molecule has 1 spiro atoms. The van der Waals surface area contributed by atoms with Crippen molar-refractivity contribution in [2.45, 2.75) is 45.7 Å². The largest absolute Gasteiger partial charge is 0.465 e. The molecule has 2 aromatic rings. The SMILES string of the molecule is Cc1ccc(CN2CCC3(CCN(Cc4ccccn4)CC3)CC2)o1. The maximum absolute atomic E-state index is 5.74. The lowest BCUT2D eigenvalue weighted by Gasteiger charge is -2.46. The van der Waals surface area contributed by atoms with E-state index in [1.165, 1.54) is 57.6 Å². The van der Waals surface area contributed by atoms with Gasteiger partial charge >= 0.3 is 0 Å². The number of pyridine rings is 1. The summed E-state index contributed by atoms with van der Waals surface area (Å²) in [5.74, 6) is 2.13. The van der Waals surface area contributed by atoms with E-state index in [2.05, 4.69) is 39.0 Å². The highest BCUT2D eigenvalue weighted by Gasteiger charge is 2.37. The van der Waals surface area contributed by atoms with Crippen molar-refractivity contribution in [3.63, 3.8) is 0 Å². The Balaban J connectivity index is 1.25. The number of aromatic nitrogens is 1. The number of hydrogen-bond acceptors (Lipinski definition) is 4. The van der Waals surface area contributed by atoms with Crippen LogP contribution in [-0.2, 0) is 13.1 Å². The quantitative estimate of drug-likeness (QED) is 0.847. The van der Waals surface area contributed by atoms with Crippen molar-refractivity contribution in [1.82, 2.24) is 14.8 Å². The third-order valence-electron chi connectivity index (χ3n) is 6.12. The van der Waals surface area contributed by atoms with Crippen molar-refractivity contribution < 1.29 is 4.42 Å². The van der Waals surface area contributed by atoms with E-state index in [-0.39, 0.29) is 0 Å². The molecule has 134 valence electrons. The molecule has 4 heterocycles. The normalized spacial score (nSPS) is 21.6. The zero-order chi connectivity index (χ0) is 17.1. The van der Waals surface area contributed by atoms with Gasteiger partial charge in [-0.2, -0.15) is 0 Å². The molecule has 0 saturated carbocycles. The van der Waals surface area contributed by atoms with Crippen molar-refractivity contribution in [3.8, 4) is 0 Å². The number of hydrogen-bond donors (Lipinski definition) is 0. The van der Waals surface area contributed by atoms with E-state index in [4.69, 9.17) is 4.42 Å². The summed E-state index contributed by atoms with van der Waals surface area (Å²) in [4.78, 5) is 9.61. The first-order valence-corrected chi connectivity index (χ1v) is 9.61. The predicted octanol–water partition coefficient (Wildman–Crippen LogP) is 3.86. The average molecular weight is 339 g/mol. The molecule has 2 fully saturated rings. The Morgan fingerprint density at radius 2 is 1.60 bits per heavy atom. The summed E-state index contributed by atoms with van der Waals surface area (Å²) in [6.45, 7) is 8.84. The van der Waals surface area contributed by atoms with E-state index in [1.54, 1.807) is 0 Å². The molecule has 0 N–H and O–H groups in total. The van der Waals surface area contributed by atoms with Gasteiger partial charge in [0.1, 0.15) is 11.5 Å². The van der Waals surface area contributed by atoms with Gasteiger partial charge < -0.3 is 4.42 Å². The number of likely N-dealkylation sites (tertiary alicyclic amines) is 2. The Morgan fingerprint density at radius 3 is 2.16 bits per heavy atom. The Labute approximate surface area is 150 Å². The van der Waals surface area contributed by atoms with E-state index in [1.807, 2.05) is 19.2 Å². The van der Waals surface area contributed by atoms with E-state index in [0.29, 0.717) is 5.41 Å². The van der Waals surface area contributed by atoms with Crippen LogP contribution in [0, 0.1) is 12.3 Å². The van der Waals surface area contributed by atoms with Crippen molar-refractivity contribution in [3.05, 3.63) is 53.7 Å². The molecular weight excluding hydrogens is 310 g/mol. The van der Waals surface area contributed by atoms with Gasteiger partial charge in [-0.05, 0) is 88.5 Å². The summed E-state index contributed by atoms with van der Waals surface area (Å²) in [5, 5.41) is 0. The van der Waals surface area contributed by atoms with Crippen LogP contribution < -0.4 is 0 Å². The summed E-state index contributed by atoms with van der Waals surface area (Å²) in [7, 11) is 0. The highest BCUT2D eigenvalue weighted by Crippen LogP contribution is 2.41. The second-order valence-electron chi connectivity index (χ2n) is 7.89. The standard InChI is InChI=1S/C21H29N3O/c1-18-5-6-20(25-18)17-24-14-9-21(10-15-24)7-12-23(13-8-21)16-19-4-2-3-11-22-19/h2-6,11H,7-10,12-17H2,1H3. The van der Waals surface area contributed by atoms with Gasteiger partial charge in [-0.3, -0.25) is 14.8 Å². The number of nitrogens with zero attached hydrogens (tertiary/aromatic N) is 3. The topological polar surface area (TPSA) is 32.5 Å². The molecule has 0 radical (unpaired) electrons. The number of furan rings is 1. The minimum atomic E-state index is 0.580. The lowest BCUT2D eigenvalue weighted by molar-refractivity contribution is 0.0277. The summed E-state index contributed by atoms with van der Waals surface area (Å²) < 4.78 is 5.74. The fourth-order valence-corrected chi connectivity index (χ4v) is 4.38. The molecule has 0 unspecified atom stereocenters. The number of piperidine rings is 2. The molecule has 4 heteroatoms. The van der Waals surface area contributed by atoms with Gasteiger partial charge in [0.05, 0.1) is 12.2 Å². The molecule has 2 aliphatic heterocycles. The molecule has 2 aliphatic rings. The average Bonchev–Trinajstić information content (AvgIpc) is 3.05. The lowest BCUT2D eigenvalue weighted by atomic mass is 9.71. The zero-order valence-corrected chi connectivity index (χ0v) is 15.3. The molecule has 0 atom stereocenters. The van der Waals surface area contributed by atoms with E-state index in [0.717, 1.165) is 24.6 Å². The Morgan fingerprint density at radius 1 is 0.920 bits per heavy atom. The van der Waals surface area contributed by atoms with Crippen molar-refractivity contribution in [2.75, 3.05) is 26.2 Å². The summed E-state index contributed by atoms with van der Waals surface area (Å²) in [5.41, 5.74) is 1.78.